The lowest BCUT2D eigenvalue weighted by Gasteiger charge is -2.39. The third-order valence-corrected chi connectivity index (χ3v) is 4.30. The third-order valence-electron chi connectivity index (χ3n) is 4.30. The van der Waals surface area contributed by atoms with E-state index in [2.05, 4.69) is 4.90 Å². The summed E-state index contributed by atoms with van der Waals surface area (Å²) in [5, 5.41) is 0. The van der Waals surface area contributed by atoms with E-state index in [9.17, 15) is 0 Å². The fraction of sp³-hybridized carbons (Fsp3) is 1.00. The molecule has 4 heteroatoms. The molecule has 1 atom stereocenters. The summed E-state index contributed by atoms with van der Waals surface area (Å²) in [7, 11) is 0. The second-order valence-corrected chi connectivity index (χ2v) is 5.38. The first-order chi connectivity index (χ1) is 7.77. The molecule has 1 aliphatic carbocycles. The topological polar surface area (TPSA) is 47.7 Å². The molecular formula is C12H22N2O2. The second kappa shape index (κ2) is 4.26. The second-order valence-electron chi connectivity index (χ2n) is 5.38. The maximum Gasteiger partial charge on any atom is 0.168 e. The van der Waals surface area contributed by atoms with Gasteiger partial charge in [-0.1, -0.05) is 0 Å². The van der Waals surface area contributed by atoms with Gasteiger partial charge in [0.1, 0.15) is 0 Å². The van der Waals surface area contributed by atoms with Gasteiger partial charge in [0.2, 0.25) is 0 Å². The van der Waals surface area contributed by atoms with Gasteiger partial charge in [-0.15, -0.1) is 0 Å². The normalized spacial score (nSPS) is 36.2. The molecule has 92 valence electrons. The summed E-state index contributed by atoms with van der Waals surface area (Å²) in [4.78, 5) is 2.56. The van der Waals surface area contributed by atoms with Crippen molar-refractivity contribution in [2.45, 2.75) is 50.0 Å². The summed E-state index contributed by atoms with van der Waals surface area (Å²) >= 11 is 0. The van der Waals surface area contributed by atoms with Crippen LogP contribution in [0.1, 0.15) is 32.1 Å². The summed E-state index contributed by atoms with van der Waals surface area (Å²) in [6, 6.07) is 1.11. The van der Waals surface area contributed by atoms with Crippen molar-refractivity contribution in [3.05, 3.63) is 0 Å². The van der Waals surface area contributed by atoms with Crippen molar-refractivity contribution in [1.29, 1.82) is 0 Å². The molecule has 0 aromatic heterocycles. The zero-order valence-corrected chi connectivity index (χ0v) is 9.86. The van der Waals surface area contributed by atoms with Gasteiger partial charge in [0, 0.05) is 38.0 Å². The van der Waals surface area contributed by atoms with Crippen LogP contribution < -0.4 is 5.73 Å². The first kappa shape index (κ1) is 11.0. The highest BCUT2D eigenvalue weighted by molar-refractivity contribution is 4.90. The van der Waals surface area contributed by atoms with Crippen LogP contribution in [0.4, 0.5) is 0 Å². The number of hydrogen-bond donors (Lipinski definition) is 1. The summed E-state index contributed by atoms with van der Waals surface area (Å²) in [6.07, 6.45) is 5.68. The fourth-order valence-electron chi connectivity index (χ4n) is 3.34. The summed E-state index contributed by atoms with van der Waals surface area (Å²) in [6.45, 7) is 3.82. The van der Waals surface area contributed by atoms with Gasteiger partial charge in [0.15, 0.2) is 5.79 Å². The van der Waals surface area contributed by atoms with Gasteiger partial charge in [0.05, 0.1) is 13.2 Å². The van der Waals surface area contributed by atoms with E-state index in [1.807, 2.05) is 0 Å². The van der Waals surface area contributed by atoms with Crippen molar-refractivity contribution in [3.8, 4) is 0 Å². The van der Waals surface area contributed by atoms with Crippen molar-refractivity contribution in [1.82, 2.24) is 4.90 Å². The number of rotatable bonds is 1. The Morgan fingerprint density at radius 2 is 1.75 bits per heavy atom. The minimum atomic E-state index is -0.210. The molecule has 0 aromatic carbocycles. The van der Waals surface area contributed by atoms with Crippen LogP contribution in [-0.4, -0.2) is 49.1 Å². The van der Waals surface area contributed by atoms with Crippen molar-refractivity contribution in [2.24, 2.45) is 5.73 Å². The van der Waals surface area contributed by atoms with E-state index in [4.69, 9.17) is 15.2 Å². The van der Waals surface area contributed by atoms with E-state index in [1.54, 1.807) is 0 Å². The highest BCUT2D eigenvalue weighted by atomic mass is 16.7. The molecule has 1 unspecified atom stereocenters. The summed E-state index contributed by atoms with van der Waals surface area (Å²) in [5.41, 5.74) is 5.96. The van der Waals surface area contributed by atoms with Crippen LogP contribution in [0, 0.1) is 0 Å². The van der Waals surface area contributed by atoms with Crippen LogP contribution in [0.5, 0.6) is 0 Å². The minimum absolute atomic E-state index is 0.210. The third kappa shape index (κ3) is 1.99. The summed E-state index contributed by atoms with van der Waals surface area (Å²) in [5.74, 6) is -0.210. The standard InChI is InChI=1S/C12H22N2O2/c13-10-3-6-14(9-10)11-1-4-12(5-2-11)15-7-8-16-12/h10-11H,1-9,13H2. The van der Waals surface area contributed by atoms with E-state index in [0.717, 1.165) is 39.0 Å². The van der Waals surface area contributed by atoms with E-state index in [-0.39, 0.29) is 5.79 Å². The van der Waals surface area contributed by atoms with Crippen LogP contribution in [0.25, 0.3) is 0 Å². The number of nitrogens with zero attached hydrogens (tertiary/aromatic N) is 1. The van der Waals surface area contributed by atoms with E-state index in [0.29, 0.717) is 12.1 Å². The Labute approximate surface area is 97.1 Å². The highest BCUT2D eigenvalue weighted by Gasteiger charge is 2.42. The molecule has 2 aliphatic heterocycles. The zero-order chi connectivity index (χ0) is 11.0. The SMILES string of the molecule is NC1CCN(C2CCC3(CC2)OCCO3)C1. The molecule has 1 saturated carbocycles. The Bertz CT molecular complexity index is 243. The van der Waals surface area contributed by atoms with E-state index < -0.39 is 0 Å². The van der Waals surface area contributed by atoms with Gasteiger partial charge in [-0.25, -0.2) is 0 Å². The van der Waals surface area contributed by atoms with Crippen LogP contribution >= 0.6 is 0 Å². The molecule has 0 bridgehead atoms. The van der Waals surface area contributed by atoms with Crippen LogP contribution in [-0.2, 0) is 9.47 Å². The predicted molar refractivity (Wildman–Crippen MR) is 61.1 cm³/mol. The van der Waals surface area contributed by atoms with E-state index >= 15 is 0 Å². The van der Waals surface area contributed by atoms with Crippen LogP contribution in [0.15, 0.2) is 0 Å². The molecular weight excluding hydrogens is 204 g/mol. The van der Waals surface area contributed by atoms with Crippen molar-refractivity contribution in [2.75, 3.05) is 26.3 Å². The van der Waals surface area contributed by atoms with Crippen molar-refractivity contribution < 1.29 is 9.47 Å². The maximum atomic E-state index is 5.96. The minimum Gasteiger partial charge on any atom is -0.348 e. The van der Waals surface area contributed by atoms with Crippen molar-refractivity contribution in [3.63, 3.8) is 0 Å². The molecule has 3 rings (SSSR count). The lowest BCUT2D eigenvalue weighted by Crippen LogP contribution is -2.44. The molecule has 3 aliphatic rings. The molecule has 4 nitrogen and oxygen atoms in total. The number of likely N-dealkylation sites (tertiary alicyclic amines) is 1. The number of nitrogens with two attached hydrogens (primary N) is 1. The van der Waals surface area contributed by atoms with Gasteiger partial charge in [-0.3, -0.25) is 4.90 Å². The Balaban J connectivity index is 1.54. The average molecular weight is 226 g/mol. The van der Waals surface area contributed by atoms with Crippen LogP contribution in [0.2, 0.25) is 0 Å². The molecule has 1 spiro atoms. The fourth-order valence-corrected chi connectivity index (χ4v) is 3.34. The number of hydrogen-bond acceptors (Lipinski definition) is 4. The first-order valence-electron chi connectivity index (χ1n) is 6.55. The largest absolute Gasteiger partial charge is 0.348 e. The molecule has 0 amide bonds. The maximum absolute atomic E-state index is 5.96. The Kier molecular flexibility index (Phi) is 2.92. The molecule has 2 heterocycles. The Hall–Kier alpha value is -0.160. The monoisotopic (exact) mass is 226 g/mol. The van der Waals surface area contributed by atoms with E-state index in [1.165, 1.54) is 19.4 Å². The lowest BCUT2D eigenvalue weighted by atomic mass is 9.89. The lowest BCUT2D eigenvalue weighted by molar-refractivity contribution is -0.183. The first-order valence-corrected chi connectivity index (χ1v) is 6.55. The predicted octanol–water partition coefficient (Wildman–Crippen LogP) is 0.705. The van der Waals surface area contributed by atoms with Gasteiger partial charge >= 0.3 is 0 Å². The van der Waals surface area contributed by atoms with Gasteiger partial charge in [-0.2, -0.15) is 0 Å². The Morgan fingerprint density at radius 1 is 1.06 bits per heavy atom. The van der Waals surface area contributed by atoms with Crippen molar-refractivity contribution >= 4 is 0 Å². The number of ether oxygens (including phenoxy) is 2. The highest BCUT2D eigenvalue weighted by Crippen LogP contribution is 2.37. The molecule has 2 N–H and O–H groups in total. The molecule has 2 saturated heterocycles. The van der Waals surface area contributed by atoms with Gasteiger partial charge < -0.3 is 15.2 Å². The zero-order valence-electron chi connectivity index (χ0n) is 9.86. The molecule has 0 radical (unpaired) electrons. The van der Waals surface area contributed by atoms with Crippen LogP contribution in [0.3, 0.4) is 0 Å². The average Bonchev–Trinajstić information content (AvgIpc) is 2.90. The summed E-state index contributed by atoms with van der Waals surface area (Å²) < 4.78 is 11.5. The quantitative estimate of drug-likeness (QED) is 0.715. The van der Waals surface area contributed by atoms with Gasteiger partial charge in [-0.05, 0) is 19.3 Å². The molecule has 0 aromatic rings. The molecule has 3 fully saturated rings. The smallest absolute Gasteiger partial charge is 0.168 e. The van der Waals surface area contributed by atoms with Gasteiger partial charge in [0.25, 0.3) is 0 Å². The Morgan fingerprint density at radius 3 is 2.31 bits per heavy atom. The molecule has 16 heavy (non-hydrogen) atoms.